The van der Waals surface area contributed by atoms with E-state index in [-0.39, 0.29) is 0 Å². The van der Waals surface area contributed by atoms with Crippen molar-refractivity contribution >= 4 is 17.1 Å². The van der Waals surface area contributed by atoms with Gasteiger partial charge in [0.15, 0.2) is 0 Å². The van der Waals surface area contributed by atoms with E-state index in [1.54, 1.807) is 0 Å². The van der Waals surface area contributed by atoms with Crippen LogP contribution < -0.4 is 0 Å². The van der Waals surface area contributed by atoms with Crippen LogP contribution in [-0.4, -0.2) is 4.57 Å². The molecule has 1 heterocycles. The van der Waals surface area contributed by atoms with E-state index in [4.69, 9.17) is 0 Å². The highest BCUT2D eigenvalue weighted by Crippen LogP contribution is 2.17. The Kier molecular flexibility index (Phi) is 3.69. The molecule has 1 aromatic heterocycles. The molecule has 0 saturated carbocycles. The van der Waals surface area contributed by atoms with E-state index in [0.717, 1.165) is 12.8 Å². The molecular formula is C19H19N. The minimum Gasteiger partial charge on any atom is -0.323 e. The van der Waals surface area contributed by atoms with Gasteiger partial charge < -0.3 is 4.57 Å². The van der Waals surface area contributed by atoms with Crippen LogP contribution in [0.25, 0.3) is 17.1 Å². The Labute approximate surface area is 120 Å². The van der Waals surface area contributed by atoms with Crippen molar-refractivity contribution in [1.82, 2.24) is 4.57 Å². The fraction of sp³-hybridized carbons (Fsp3) is 0.158. The standard InChI is InChI=1S/C19H19N/c1-16(11-12-17-7-3-2-4-8-17)15-20-14-13-18-9-5-6-10-19(18)20/h2-10,13-15H,11-12H2,1H3/b16-15-. The van der Waals surface area contributed by atoms with Crippen LogP contribution in [0.1, 0.15) is 18.9 Å². The molecule has 0 N–H and O–H groups in total. The van der Waals surface area contributed by atoms with E-state index >= 15 is 0 Å². The van der Waals surface area contributed by atoms with E-state index in [9.17, 15) is 0 Å². The first kappa shape index (κ1) is 12.7. The molecule has 0 aliphatic heterocycles. The summed E-state index contributed by atoms with van der Waals surface area (Å²) in [6, 6.07) is 21.3. The zero-order chi connectivity index (χ0) is 13.8. The third-order valence-electron chi connectivity index (χ3n) is 3.64. The third kappa shape index (κ3) is 2.83. The van der Waals surface area contributed by atoms with Gasteiger partial charge in [0.25, 0.3) is 0 Å². The summed E-state index contributed by atoms with van der Waals surface area (Å²) in [7, 11) is 0. The van der Waals surface area contributed by atoms with Gasteiger partial charge in [0.05, 0.1) is 5.52 Å². The topological polar surface area (TPSA) is 4.93 Å². The molecule has 100 valence electrons. The van der Waals surface area contributed by atoms with E-state index in [2.05, 4.69) is 84.6 Å². The Morgan fingerprint density at radius 3 is 2.55 bits per heavy atom. The lowest BCUT2D eigenvalue weighted by Gasteiger charge is -2.04. The molecular weight excluding hydrogens is 242 g/mol. The van der Waals surface area contributed by atoms with Gasteiger partial charge in [-0.05, 0) is 42.8 Å². The minimum atomic E-state index is 1.09. The van der Waals surface area contributed by atoms with Crippen molar-refractivity contribution in [3.8, 4) is 0 Å². The van der Waals surface area contributed by atoms with Crippen molar-refractivity contribution in [2.45, 2.75) is 19.8 Å². The lowest BCUT2D eigenvalue weighted by atomic mass is 10.1. The van der Waals surface area contributed by atoms with Gasteiger partial charge in [-0.25, -0.2) is 0 Å². The summed E-state index contributed by atoms with van der Waals surface area (Å²) >= 11 is 0. The Bertz CT molecular complexity index is 720. The molecule has 0 fully saturated rings. The molecule has 0 amide bonds. The normalized spacial score (nSPS) is 11.9. The van der Waals surface area contributed by atoms with Crippen LogP contribution in [0.4, 0.5) is 0 Å². The fourth-order valence-electron chi connectivity index (χ4n) is 2.51. The molecule has 0 bridgehead atoms. The summed E-state index contributed by atoms with van der Waals surface area (Å²) in [4.78, 5) is 0. The molecule has 3 rings (SSSR count). The fourth-order valence-corrected chi connectivity index (χ4v) is 2.51. The molecule has 1 nitrogen and oxygen atoms in total. The molecule has 0 aliphatic carbocycles. The molecule has 0 saturated heterocycles. The van der Waals surface area contributed by atoms with E-state index < -0.39 is 0 Å². The van der Waals surface area contributed by atoms with Crippen molar-refractivity contribution in [3.05, 3.63) is 78.0 Å². The van der Waals surface area contributed by atoms with Gasteiger partial charge in [-0.15, -0.1) is 0 Å². The molecule has 2 aromatic carbocycles. The lowest BCUT2D eigenvalue weighted by molar-refractivity contribution is 0.939. The number of hydrogen-bond donors (Lipinski definition) is 0. The molecule has 0 spiro atoms. The second-order valence-corrected chi connectivity index (χ2v) is 5.24. The first-order valence-corrected chi connectivity index (χ1v) is 7.10. The maximum atomic E-state index is 2.24. The summed E-state index contributed by atoms with van der Waals surface area (Å²) in [6.45, 7) is 2.21. The van der Waals surface area contributed by atoms with Gasteiger partial charge in [0, 0.05) is 12.4 Å². The van der Waals surface area contributed by atoms with Crippen LogP contribution in [0, 0.1) is 0 Å². The summed E-state index contributed by atoms with van der Waals surface area (Å²) in [6.07, 6.45) is 6.57. The number of allylic oxidation sites excluding steroid dienone is 1. The maximum absolute atomic E-state index is 2.24. The largest absolute Gasteiger partial charge is 0.323 e. The quantitative estimate of drug-likeness (QED) is 0.613. The summed E-state index contributed by atoms with van der Waals surface area (Å²) < 4.78 is 2.22. The van der Waals surface area contributed by atoms with Gasteiger partial charge in [-0.3, -0.25) is 0 Å². The molecule has 20 heavy (non-hydrogen) atoms. The Balaban J connectivity index is 1.75. The maximum Gasteiger partial charge on any atom is 0.0522 e. The number of benzene rings is 2. The van der Waals surface area contributed by atoms with Crippen LogP contribution in [-0.2, 0) is 6.42 Å². The minimum absolute atomic E-state index is 1.09. The number of para-hydroxylation sites is 1. The second kappa shape index (κ2) is 5.79. The van der Waals surface area contributed by atoms with Crippen molar-refractivity contribution in [3.63, 3.8) is 0 Å². The van der Waals surface area contributed by atoms with Crippen molar-refractivity contribution in [2.75, 3.05) is 0 Å². The number of aryl methyl sites for hydroxylation is 1. The number of aromatic nitrogens is 1. The molecule has 0 aliphatic rings. The SMILES string of the molecule is C/C(=C/n1ccc2ccccc21)CCc1ccccc1. The van der Waals surface area contributed by atoms with Crippen molar-refractivity contribution in [2.24, 2.45) is 0 Å². The average Bonchev–Trinajstić information content (AvgIpc) is 2.90. The number of nitrogens with zero attached hydrogens (tertiary/aromatic N) is 1. The van der Waals surface area contributed by atoms with Crippen LogP contribution >= 0.6 is 0 Å². The summed E-state index contributed by atoms with van der Waals surface area (Å²) in [5.74, 6) is 0. The second-order valence-electron chi connectivity index (χ2n) is 5.24. The van der Waals surface area contributed by atoms with Crippen molar-refractivity contribution < 1.29 is 0 Å². The Hall–Kier alpha value is -2.28. The zero-order valence-corrected chi connectivity index (χ0v) is 11.8. The first-order valence-electron chi connectivity index (χ1n) is 7.10. The monoisotopic (exact) mass is 261 g/mol. The van der Waals surface area contributed by atoms with Gasteiger partial charge in [0.1, 0.15) is 0 Å². The van der Waals surface area contributed by atoms with Gasteiger partial charge in [0.2, 0.25) is 0 Å². The lowest BCUT2D eigenvalue weighted by Crippen LogP contribution is -1.89. The van der Waals surface area contributed by atoms with Gasteiger partial charge in [-0.1, -0.05) is 54.1 Å². The highest BCUT2D eigenvalue weighted by molar-refractivity contribution is 5.81. The van der Waals surface area contributed by atoms with Crippen LogP contribution in [0.3, 0.4) is 0 Å². The first-order chi connectivity index (χ1) is 9.83. The smallest absolute Gasteiger partial charge is 0.0522 e. The van der Waals surface area contributed by atoms with Gasteiger partial charge >= 0.3 is 0 Å². The third-order valence-corrected chi connectivity index (χ3v) is 3.64. The Morgan fingerprint density at radius 1 is 0.950 bits per heavy atom. The van der Waals surface area contributed by atoms with Gasteiger partial charge in [-0.2, -0.15) is 0 Å². The summed E-state index contributed by atoms with van der Waals surface area (Å²) in [5, 5.41) is 1.29. The highest BCUT2D eigenvalue weighted by atomic mass is 14.9. The molecule has 3 aromatic rings. The van der Waals surface area contributed by atoms with E-state index in [1.807, 2.05) is 0 Å². The molecule has 0 radical (unpaired) electrons. The predicted octanol–water partition coefficient (Wildman–Crippen LogP) is 5.13. The number of hydrogen-bond acceptors (Lipinski definition) is 0. The zero-order valence-electron chi connectivity index (χ0n) is 11.8. The van der Waals surface area contributed by atoms with E-state index in [0.29, 0.717) is 0 Å². The predicted molar refractivity (Wildman–Crippen MR) is 86.6 cm³/mol. The van der Waals surface area contributed by atoms with Crippen LogP contribution in [0.5, 0.6) is 0 Å². The van der Waals surface area contributed by atoms with Crippen molar-refractivity contribution in [1.29, 1.82) is 0 Å². The number of fused-ring (bicyclic) bond motifs is 1. The molecule has 1 heteroatoms. The van der Waals surface area contributed by atoms with Crippen LogP contribution in [0.15, 0.2) is 72.4 Å². The average molecular weight is 261 g/mol. The summed E-state index contributed by atoms with van der Waals surface area (Å²) in [5.41, 5.74) is 4.07. The number of rotatable bonds is 4. The van der Waals surface area contributed by atoms with E-state index in [1.165, 1.54) is 22.0 Å². The Morgan fingerprint density at radius 2 is 1.70 bits per heavy atom. The highest BCUT2D eigenvalue weighted by Gasteiger charge is 1.99. The molecule has 0 atom stereocenters. The molecule has 0 unspecified atom stereocenters. The van der Waals surface area contributed by atoms with Crippen LogP contribution in [0.2, 0.25) is 0 Å².